The molecule has 0 heterocycles. The molecule has 2 aromatic carbocycles. The van der Waals surface area contributed by atoms with Crippen molar-refractivity contribution in [2.45, 2.75) is 13.0 Å². The summed E-state index contributed by atoms with van der Waals surface area (Å²) in [5.41, 5.74) is 2.16. The number of halogens is 3. The van der Waals surface area contributed by atoms with Crippen molar-refractivity contribution < 1.29 is 0 Å². The third kappa shape index (κ3) is 3.51. The predicted octanol–water partition coefficient (Wildman–Crippen LogP) is 5.45. The minimum Gasteiger partial charge on any atom is -0.306 e. The highest BCUT2D eigenvalue weighted by atomic mass is 79.9. The van der Waals surface area contributed by atoms with Crippen molar-refractivity contribution in [2.75, 3.05) is 6.54 Å². The Labute approximate surface area is 132 Å². The first kappa shape index (κ1) is 14.9. The molecule has 0 spiro atoms. The topological polar surface area (TPSA) is 12.0 Å². The van der Waals surface area contributed by atoms with Crippen LogP contribution in [0.1, 0.15) is 24.1 Å². The molecule has 0 aliphatic heterocycles. The minimum absolute atomic E-state index is 0.0456. The smallest absolute Gasteiger partial charge is 0.0591 e. The summed E-state index contributed by atoms with van der Waals surface area (Å²) in [6.45, 7) is 2.92. The molecule has 1 N–H and O–H groups in total. The molecular weight excluding hydrogens is 345 g/mol. The number of hydrogen-bond acceptors (Lipinski definition) is 1. The highest BCUT2D eigenvalue weighted by Gasteiger charge is 2.16. The summed E-state index contributed by atoms with van der Waals surface area (Å²) in [5, 5.41) is 4.90. The van der Waals surface area contributed by atoms with E-state index in [4.69, 9.17) is 23.2 Å². The first-order chi connectivity index (χ1) is 9.13. The third-order valence-electron chi connectivity index (χ3n) is 2.90. The standard InChI is InChI=1S/C15H14BrCl2N/c1-2-19-15(11-5-3-4-6-13(11)17)10-7-8-12(16)14(18)9-10/h3-9,15,19H,2H2,1H3. The predicted molar refractivity (Wildman–Crippen MR) is 86.1 cm³/mol. The Hall–Kier alpha value is -0.540. The van der Waals surface area contributed by atoms with Crippen molar-refractivity contribution in [3.8, 4) is 0 Å². The molecule has 0 fully saturated rings. The molecule has 0 aliphatic carbocycles. The summed E-state index contributed by atoms with van der Waals surface area (Å²) in [4.78, 5) is 0. The normalized spacial score (nSPS) is 12.4. The van der Waals surface area contributed by atoms with E-state index in [1.54, 1.807) is 0 Å². The van der Waals surface area contributed by atoms with Crippen molar-refractivity contribution >= 4 is 39.1 Å². The van der Waals surface area contributed by atoms with Crippen LogP contribution in [0.25, 0.3) is 0 Å². The van der Waals surface area contributed by atoms with Crippen LogP contribution in [-0.4, -0.2) is 6.54 Å². The van der Waals surface area contributed by atoms with E-state index in [-0.39, 0.29) is 6.04 Å². The highest BCUT2D eigenvalue weighted by molar-refractivity contribution is 9.10. The van der Waals surface area contributed by atoms with E-state index in [9.17, 15) is 0 Å². The molecule has 0 bridgehead atoms. The second kappa shape index (κ2) is 6.76. The molecule has 1 unspecified atom stereocenters. The average Bonchev–Trinajstić information content (AvgIpc) is 2.40. The summed E-state index contributed by atoms with van der Waals surface area (Å²) in [5.74, 6) is 0. The van der Waals surface area contributed by atoms with Gasteiger partial charge in [0.2, 0.25) is 0 Å². The van der Waals surface area contributed by atoms with Crippen molar-refractivity contribution in [3.63, 3.8) is 0 Å². The third-order valence-corrected chi connectivity index (χ3v) is 4.48. The van der Waals surface area contributed by atoms with E-state index in [1.807, 2.05) is 42.5 Å². The zero-order valence-electron chi connectivity index (χ0n) is 10.5. The summed E-state index contributed by atoms with van der Waals surface area (Å²) < 4.78 is 0.896. The van der Waals surface area contributed by atoms with Crippen LogP contribution in [0.3, 0.4) is 0 Å². The van der Waals surface area contributed by atoms with Crippen molar-refractivity contribution in [2.24, 2.45) is 0 Å². The van der Waals surface area contributed by atoms with E-state index in [0.29, 0.717) is 5.02 Å². The molecule has 0 saturated heterocycles. The maximum atomic E-state index is 6.29. The fraction of sp³-hybridized carbons (Fsp3) is 0.200. The van der Waals surface area contributed by atoms with Gasteiger partial charge in [-0.3, -0.25) is 0 Å². The molecule has 0 radical (unpaired) electrons. The number of hydrogen-bond donors (Lipinski definition) is 1. The molecule has 19 heavy (non-hydrogen) atoms. The lowest BCUT2D eigenvalue weighted by Crippen LogP contribution is -2.22. The van der Waals surface area contributed by atoms with Crippen LogP contribution in [0.5, 0.6) is 0 Å². The monoisotopic (exact) mass is 357 g/mol. The summed E-state index contributed by atoms with van der Waals surface area (Å²) >= 11 is 15.9. The Balaban J connectivity index is 2.45. The van der Waals surface area contributed by atoms with Gasteiger partial charge < -0.3 is 5.32 Å². The van der Waals surface area contributed by atoms with Crippen LogP contribution in [-0.2, 0) is 0 Å². The summed E-state index contributed by atoms with van der Waals surface area (Å²) in [7, 11) is 0. The van der Waals surface area contributed by atoms with Crippen molar-refractivity contribution in [1.29, 1.82) is 0 Å². The summed E-state index contributed by atoms with van der Waals surface area (Å²) in [6, 6.07) is 13.9. The van der Waals surface area contributed by atoms with Gasteiger partial charge in [-0.2, -0.15) is 0 Å². The van der Waals surface area contributed by atoms with Gasteiger partial charge in [0.1, 0.15) is 0 Å². The highest BCUT2D eigenvalue weighted by Crippen LogP contribution is 2.32. The van der Waals surface area contributed by atoms with Crippen LogP contribution in [0.2, 0.25) is 10.0 Å². The van der Waals surface area contributed by atoms with Crippen LogP contribution in [0.15, 0.2) is 46.9 Å². The van der Waals surface area contributed by atoms with Gasteiger partial charge in [-0.05, 0) is 51.8 Å². The van der Waals surface area contributed by atoms with E-state index >= 15 is 0 Å². The molecule has 1 nitrogen and oxygen atoms in total. The number of rotatable bonds is 4. The first-order valence-corrected chi connectivity index (χ1v) is 7.61. The molecule has 0 aliphatic rings. The summed E-state index contributed by atoms with van der Waals surface area (Å²) in [6.07, 6.45) is 0. The van der Waals surface area contributed by atoms with Gasteiger partial charge in [0.25, 0.3) is 0 Å². The van der Waals surface area contributed by atoms with Gasteiger partial charge in [0.15, 0.2) is 0 Å². The van der Waals surface area contributed by atoms with Gasteiger partial charge in [-0.1, -0.05) is 54.4 Å². The molecular formula is C15H14BrCl2N. The Morgan fingerprint density at radius 1 is 1.11 bits per heavy atom. The molecule has 2 rings (SSSR count). The van der Waals surface area contributed by atoms with E-state index in [1.165, 1.54) is 0 Å². The molecule has 0 saturated carbocycles. The van der Waals surface area contributed by atoms with E-state index in [0.717, 1.165) is 27.2 Å². The zero-order chi connectivity index (χ0) is 13.8. The quantitative estimate of drug-likeness (QED) is 0.765. The first-order valence-electron chi connectivity index (χ1n) is 6.06. The zero-order valence-corrected chi connectivity index (χ0v) is 13.6. The second-order valence-electron chi connectivity index (χ2n) is 4.19. The fourth-order valence-corrected chi connectivity index (χ4v) is 2.69. The molecule has 1 atom stereocenters. The maximum absolute atomic E-state index is 6.29. The Bertz CT molecular complexity index is 572. The molecule has 4 heteroatoms. The van der Waals surface area contributed by atoms with E-state index in [2.05, 4.69) is 28.2 Å². The van der Waals surface area contributed by atoms with Crippen LogP contribution in [0, 0.1) is 0 Å². The lowest BCUT2D eigenvalue weighted by atomic mass is 9.98. The van der Waals surface area contributed by atoms with Gasteiger partial charge in [-0.15, -0.1) is 0 Å². The fourth-order valence-electron chi connectivity index (χ4n) is 2.01. The van der Waals surface area contributed by atoms with Gasteiger partial charge in [0.05, 0.1) is 11.1 Å². The Kier molecular flexibility index (Phi) is 5.28. The molecule has 2 aromatic rings. The second-order valence-corrected chi connectivity index (χ2v) is 5.85. The average molecular weight is 359 g/mol. The lowest BCUT2D eigenvalue weighted by Gasteiger charge is -2.20. The SMILES string of the molecule is CCNC(c1ccc(Br)c(Cl)c1)c1ccccc1Cl. The van der Waals surface area contributed by atoms with E-state index < -0.39 is 0 Å². The Morgan fingerprint density at radius 3 is 2.47 bits per heavy atom. The van der Waals surface area contributed by atoms with Crippen LogP contribution < -0.4 is 5.32 Å². The largest absolute Gasteiger partial charge is 0.306 e. The van der Waals surface area contributed by atoms with Gasteiger partial charge in [0, 0.05) is 9.50 Å². The van der Waals surface area contributed by atoms with Crippen LogP contribution in [0.4, 0.5) is 0 Å². The van der Waals surface area contributed by atoms with Gasteiger partial charge >= 0.3 is 0 Å². The molecule has 0 amide bonds. The van der Waals surface area contributed by atoms with Gasteiger partial charge in [-0.25, -0.2) is 0 Å². The molecule has 0 aromatic heterocycles. The molecule has 100 valence electrons. The minimum atomic E-state index is 0.0456. The van der Waals surface area contributed by atoms with Crippen molar-refractivity contribution in [1.82, 2.24) is 5.32 Å². The number of benzene rings is 2. The lowest BCUT2D eigenvalue weighted by molar-refractivity contribution is 0.631. The maximum Gasteiger partial charge on any atom is 0.0591 e. The number of nitrogens with one attached hydrogen (secondary N) is 1. The Morgan fingerprint density at radius 2 is 1.84 bits per heavy atom. The van der Waals surface area contributed by atoms with Crippen LogP contribution >= 0.6 is 39.1 Å². The van der Waals surface area contributed by atoms with Crippen molar-refractivity contribution in [3.05, 3.63) is 68.1 Å².